The van der Waals surface area contributed by atoms with E-state index in [4.69, 9.17) is 4.74 Å². The van der Waals surface area contributed by atoms with Gasteiger partial charge in [0.2, 0.25) is 0 Å². The highest BCUT2D eigenvalue weighted by Crippen LogP contribution is 2.17. The van der Waals surface area contributed by atoms with Crippen molar-refractivity contribution in [2.24, 2.45) is 5.10 Å². The number of ether oxygens (including phenoxy) is 1. The van der Waals surface area contributed by atoms with Crippen molar-refractivity contribution in [3.63, 3.8) is 0 Å². The number of amides is 1. The first-order valence-electron chi connectivity index (χ1n) is 11.8. The van der Waals surface area contributed by atoms with Gasteiger partial charge in [0.25, 0.3) is 11.5 Å². The third kappa shape index (κ3) is 6.26. The summed E-state index contributed by atoms with van der Waals surface area (Å²) in [6.07, 6.45) is 4.18. The topological polar surface area (TPSA) is 85.6 Å². The van der Waals surface area contributed by atoms with Crippen molar-refractivity contribution in [1.29, 1.82) is 0 Å². The molecular formula is C28H27BrN4O3. The number of aryl methyl sites for hydroxylation is 2. The van der Waals surface area contributed by atoms with E-state index in [1.165, 1.54) is 4.68 Å². The fourth-order valence-electron chi connectivity index (χ4n) is 3.63. The van der Waals surface area contributed by atoms with Crippen LogP contribution in [0.1, 0.15) is 36.7 Å². The molecule has 8 heteroatoms. The van der Waals surface area contributed by atoms with Crippen LogP contribution in [0.5, 0.6) is 5.75 Å². The Labute approximate surface area is 218 Å². The third-order valence-electron chi connectivity index (χ3n) is 5.62. The zero-order chi connectivity index (χ0) is 25.5. The van der Waals surface area contributed by atoms with Gasteiger partial charge in [-0.15, -0.1) is 0 Å². The summed E-state index contributed by atoms with van der Waals surface area (Å²) < 4.78 is 7.81. The Hall–Kier alpha value is -3.78. The van der Waals surface area contributed by atoms with E-state index in [2.05, 4.69) is 38.3 Å². The van der Waals surface area contributed by atoms with Crippen molar-refractivity contribution in [2.75, 3.05) is 11.9 Å². The monoisotopic (exact) mass is 546 g/mol. The highest BCUT2D eigenvalue weighted by molar-refractivity contribution is 9.10. The second-order valence-electron chi connectivity index (χ2n) is 8.38. The van der Waals surface area contributed by atoms with Gasteiger partial charge in [-0.05, 0) is 73.0 Å². The Balaban J connectivity index is 1.47. The normalized spacial score (nSPS) is 11.2. The predicted molar refractivity (Wildman–Crippen MR) is 147 cm³/mol. The molecule has 0 unspecified atom stereocenters. The van der Waals surface area contributed by atoms with Crippen LogP contribution in [0.4, 0.5) is 5.69 Å². The van der Waals surface area contributed by atoms with Gasteiger partial charge < -0.3 is 10.1 Å². The summed E-state index contributed by atoms with van der Waals surface area (Å²) in [6.45, 7) is 3.93. The van der Waals surface area contributed by atoms with Crippen LogP contribution in [0.2, 0.25) is 0 Å². The maximum absolute atomic E-state index is 13.2. The summed E-state index contributed by atoms with van der Waals surface area (Å²) in [4.78, 5) is 30.1. The number of halogens is 1. The van der Waals surface area contributed by atoms with Gasteiger partial charge in [-0.25, -0.2) is 4.98 Å². The molecule has 1 amide bonds. The fraction of sp³-hybridized carbons (Fsp3) is 0.214. The molecule has 0 radical (unpaired) electrons. The smallest absolute Gasteiger partial charge is 0.282 e. The summed E-state index contributed by atoms with van der Waals surface area (Å²) >= 11 is 3.42. The number of unbranched alkanes of at least 4 members (excludes halogenated alkanes) is 1. The number of fused-ring (bicyclic) bond motifs is 1. The minimum atomic E-state index is -0.232. The van der Waals surface area contributed by atoms with Crippen LogP contribution in [0.25, 0.3) is 10.9 Å². The maximum Gasteiger partial charge on any atom is 0.282 e. The van der Waals surface area contributed by atoms with Gasteiger partial charge in [-0.1, -0.05) is 47.5 Å². The molecule has 0 aliphatic heterocycles. The van der Waals surface area contributed by atoms with Gasteiger partial charge in [-0.3, -0.25) is 9.59 Å². The first kappa shape index (κ1) is 25.3. The Morgan fingerprint density at radius 3 is 2.67 bits per heavy atom. The molecule has 1 aromatic heterocycles. The predicted octanol–water partition coefficient (Wildman–Crippen LogP) is 5.71. The number of nitrogens with one attached hydrogen (secondary N) is 1. The minimum absolute atomic E-state index is 0.101. The molecule has 4 rings (SSSR count). The molecule has 0 aliphatic rings. The van der Waals surface area contributed by atoms with Crippen molar-refractivity contribution in [3.05, 3.63) is 98.5 Å². The van der Waals surface area contributed by atoms with E-state index in [1.807, 2.05) is 55.5 Å². The van der Waals surface area contributed by atoms with Crippen LogP contribution in [-0.2, 0) is 11.2 Å². The van der Waals surface area contributed by atoms with E-state index >= 15 is 0 Å². The minimum Gasteiger partial charge on any atom is -0.484 e. The van der Waals surface area contributed by atoms with E-state index in [0.717, 1.165) is 34.1 Å². The quantitative estimate of drug-likeness (QED) is 0.272. The van der Waals surface area contributed by atoms with Crippen molar-refractivity contribution in [2.45, 2.75) is 33.1 Å². The van der Waals surface area contributed by atoms with Crippen LogP contribution >= 0.6 is 15.9 Å². The van der Waals surface area contributed by atoms with E-state index in [9.17, 15) is 9.59 Å². The lowest BCUT2D eigenvalue weighted by molar-refractivity contribution is -0.118. The summed E-state index contributed by atoms with van der Waals surface area (Å²) in [5, 5.41) is 7.82. The van der Waals surface area contributed by atoms with Crippen LogP contribution in [0, 0.1) is 6.92 Å². The SMILES string of the molecule is CCCCc1nc2ccc(Br)cc2c(=O)n1N=Cc1ccc(OCC(=O)Nc2ccccc2C)cc1. The average molecular weight is 547 g/mol. The molecule has 4 aromatic rings. The molecule has 1 heterocycles. The molecule has 0 bridgehead atoms. The molecule has 7 nitrogen and oxygen atoms in total. The standard InChI is InChI=1S/C28H27BrN4O3/c1-3-4-9-26-31-25-15-12-21(29)16-23(25)28(35)33(26)30-17-20-10-13-22(14-11-20)36-18-27(34)32-24-8-6-5-7-19(24)2/h5-8,10-17H,3-4,9,18H2,1-2H3,(H,32,34). The van der Waals surface area contributed by atoms with Crippen molar-refractivity contribution < 1.29 is 9.53 Å². The highest BCUT2D eigenvalue weighted by Gasteiger charge is 2.11. The molecule has 0 saturated carbocycles. The molecule has 1 N–H and O–H groups in total. The fourth-order valence-corrected chi connectivity index (χ4v) is 3.99. The molecule has 184 valence electrons. The van der Waals surface area contributed by atoms with Gasteiger partial charge in [0.1, 0.15) is 11.6 Å². The second-order valence-corrected chi connectivity index (χ2v) is 9.29. The van der Waals surface area contributed by atoms with Gasteiger partial charge >= 0.3 is 0 Å². The first-order valence-corrected chi connectivity index (χ1v) is 12.6. The Morgan fingerprint density at radius 1 is 1.14 bits per heavy atom. The van der Waals surface area contributed by atoms with Gasteiger partial charge in [0.15, 0.2) is 6.61 Å². The number of carbonyl (C=O) groups is 1. The Kier molecular flexibility index (Phi) is 8.28. The highest BCUT2D eigenvalue weighted by atomic mass is 79.9. The molecule has 3 aromatic carbocycles. The average Bonchev–Trinajstić information content (AvgIpc) is 2.88. The summed E-state index contributed by atoms with van der Waals surface area (Å²) in [5.41, 5.74) is 2.99. The molecule has 0 fully saturated rings. The van der Waals surface area contributed by atoms with Crippen LogP contribution < -0.4 is 15.6 Å². The zero-order valence-corrected chi connectivity index (χ0v) is 21.8. The number of nitrogens with zero attached hydrogens (tertiary/aromatic N) is 3. The number of hydrogen-bond donors (Lipinski definition) is 1. The molecule has 0 spiro atoms. The van der Waals surface area contributed by atoms with Crippen LogP contribution in [-0.4, -0.2) is 28.4 Å². The summed E-state index contributed by atoms with van der Waals surface area (Å²) in [5.74, 6) is 0.960. The number of rotatable bonds is 9. The molecule has 0 aliphatic carbocycles. The Morgan fingerprint density at radius 2 is 1.92 bits per heavy atom. The third-order valence-corrected chi connectivity index (χ3v) is 6.11. The number of anilines is 1. The van der Waals surface area contributed by atoms with E-state index in [1.54, 1.807) is 24.4 Å². The Bertz CT molecular complexity index is 1460. The molecule has 0 atom stereocenters. The van der Waals surface area contributed by atoms with Crippen molar-refractivity contribution in [1.82, 2.24) is 9.66 Å². The molecule has 36 heavy (non-hydrogen) atoms. The summed E-state index contributed by atoms with van der Waals surface area (Å²) in [7, 11) is 0. The van der Waals surface area contributed by atoms with Gasteiger partial charge in [0.05, 0.1) is 17.1 Å². The zero-order valence-electron chi connectivity index (χ0n) is 20.2. The van der Waals surface area contributed by atoms with E-state index in [-0.39, 0.29) is 18.1 Å². The van der Waals surface area contributed by atoms with E-state index in [0.29, 0.717) is 28.9 Å². The second kappa shape index (κ2) is 11.8. The summed E-state index contributed by atoms with van der Waals surface area (Å²) in [6, 6.07) is 20.2. The number of hydrogen-bond acceptors (Lipinski definition) is 5. The lowest BCUT2D eigenvalue weighted by Crippen LogP contribution is -2.22. The molecule has 0 saturated heterocycles. The number of carbonyl (C=O) groups excluding carboxylic acids is 1. The van der Waals surface area contributed by atoms with Crippen molar-refractivity contribution in [3.8, 4) is 5.75 Å². The van der Waals surface area contributed by atoms with Crippen molar-refractivity contribution >= 4 is 44.6 Å². The first-order chi connectivity index (χ1) is 17.4. The largest absolute Gasteiger partial charge is 0.484 e. The lowest BCUT2D eigenvalue weighted by Gasteiger charge is -2.10. The van der Waals surface area contributed by atoms with E-state index < -0.39 is 0 Å². The molecular weight excluding hydrogens is 520 g/mol. The van der Waals surface area contributed by atoms with Gasteiger partial charge in [0, 0.05) is 16.6 Å². The lowest BCUT2D eigenvalue weighted by atomic mass is 10.2. The number of aromatic nitrogens is 2. The van der Waals surface area contributed by atoms with Crippen LogP contribution in [0.15, 0.2) is 81.1 Å². The maximum atomic E-state index is 13.2. The van der Waals surface area contributed by atoms with Gasteiger partial charge in [-0.2, -0.15) is 9.78 Å². The number of para-hydroxylation sites is 1. The number of benzene rings is 3. The van der Waals surface area contributed by atoms with Crippen LogP contribution in [0.3, 0.4) is 0 Å².